The molecule has 1 unspecified atom stereocenters. The van der Waals surface area contributed by atoms with E-state index in [9.17, 15) is 4.79 Å². The van der Waals surface area contributed by atoms with Gasteiger partial charge in [-0.15, -0.1) is 0 Å². The summed E-state index contributed by atoms with van der Waals surface area (Å²) in [4.78, 5) is 15.1. The molecule has 0 aromatic heterocycles. The molecule has 0 N–H and O–H groups in total. The summed E-state index contributed by atoms with van der Waals surface area (Å²) < 4.78 is 0. The zero-order valence-corrected chi connectivity index (χ0v) is 14.1. The van der Waals surface area contributed by atoms with Gasteiger partial charge in [-0.1, -0.05) is 48.5 Å². The van der Waals surface area contributed by atoms with Crippen molar-refractivity contribution in [2.45, 2.75) is 74.1 Å². The Morgan fingerprint density at radius 2 is 1.53 bits per heavy atom. The van der Waals surface area contributed by atoms with E-state index in [1.54, 1.807) is 0 Å². The Bertz CT molecular complexity index is 321. The SMILES string of the molecule is CCCN(CCC)C(=O)C1(CC(C)(C)C)CC1(C)C. The Hall–Kier alpha value is -0.530. The molecule has 1 amide bonds. The van der Waals surface area contributed by atoms with E-state index in [4.69, 9.17) is 0 Å². The maximum atomic E-state index is 13.0. The molecular weight excluding hydrogens is 234 g/mol. The molecule has 1 rings (SSSR count). The van der Waals surface area contributed by atoms with Crippen LogP contribution in [0.15, 0.2) is 0 Å². The van der Waals surface area contributed by atoms with Crippen LogP contribution in [0.5, 0.6) is 0 Å². The average Bonchev–Trinajstić information content (AvgIpc) is 2.77. The summed E-state index contributed by atoms with van der Waals surface area (Å²) in [6.45, 7) is 17.4. The minimum Gasteiger partial charge on any atom is -0.342 e. The van der Waals surface area contributed by atoms with E-state index in [0.29, 0.717) is 5.91 Å². The summed E-state index contributed by atoms with van der Waals surface area (Å²) in [6.07, 6.45) is 4.17. The first-order chi connectivity index (χ1) is 8.59. The van der Waals surface area contributed by atoms with Crippen molar-refractivity contribution < 1.29 is 4.79 Å². The van der Waals surface area contributed by atoms with E-state index in [-0.39, 0.29) is 16.2 Å². The topological polar surface area (TPSA) is 20.3 Å². The van der Waals surface area contributed by atoms with Crippen LogP contribution in [0.3, 0.4) is 0 Å². The predicted molar refractivity (Wildman–Crippen MR) is 82.1 cm³/mol. The molecule has 1 saturated carbocycles. The highest BCUT2D eigenvalue weighted by atomic mass is 16.2. The van der Waals surface area contributed by atoms with Crippen molar-refractivity contribution in [2.75, 3.05) is 13.1 Å². The first-order valence-electron chi connectivity index (χ1n) is 7.89. The molecule has 0 radical (unpaired) electrons. The van der Waals surface area contributed by atoms with Crippen LogP contribution in [0, 0.1) is 16.2 Å². The maximum absolute atomic E-state index is 13.0. The Morgan fingerprint density at radius 1 is 1.11 bits per heavy atom. The van der Waals surface area contributed by atoms with Crippen LogP contribution in [0.4, 0.5) is 0 Å². The van der Waals surface area contributed by atoms with Gasteiger partial charge in [0.1, 0.15) is 0 Å². The molecule has 0 aromatic carbocycles. The van der Waals surface area contributed by atoms with Gasteiger partial charge in [-0.05, 0) is 36.5 Å². The Labute approximate surface area is 119 Å². The lowest BCUT2D eigenvalue weighted by molar-refractivity contribution is -0.139. The zero-order chi connectivity index (χ0) is 14.9. The van der Waals surface area contributed by atoms with Crippen LogP contribution < -0.4 is 0 Å². The van der Waals surface area contributed by atoms with Gasteiger partial charge in [0.15, 0.2) is 0 Å². The van der Waals surface area contributed by atoms with E-state index in [1.165, 1.54) is 0 Å². The van der Waals surface area contributed by atoms with E-state index in [0.717, 1.165) is 38.8 Å². The molecule has 1 aliphatic carbocycles. The molecule has 0 heterocycles. The summed E-state index contributed by atoms with van der Waals surface area (Å²) in [5.74, 6) is 0.413. The molecule has 0 bridgehead atoms. The maximum Gasteiger partial charge on any atom is 0.229 e. The predicted octanol–water partition coefficient (Wildman–Crippen LogP) is 4.49. The van der Waals surface area contributed by atoms with Crippen molar-refractivity contribution in [1.29, 1.82) is 0 Å². The summed E-state index contributed by atoms with van der Waals surface area (Å²) >= 11 is 0. The van der Waals surface area contributed by atoms with Crippen molar-refractivity contribution in [3.63, 3.8) is 0 Å². The molecule has 2 heteroatoms. The summed E-state index contributed by atoms with van der Waals surface area (Å²) in [7, 11) is 0. The van der Waals surface area contributed by atoms with Crippen molar-refractivity contribution in [3.8, 4) is 0 Å². The number of nitrogens with zero attached hydrogens (tertiary/aromatic N) is 1. The normalized spacial score (nSPS) is 25.2. The Kier molecular flexibility index (Phi) is 4.75. The van der Waals surface area contributed by atoms with Crippen molar-refractivity contribution >= 4 is 5.91 Å². The lowest BCUT2D eigenvalue weighted by Gasteiger charge is -2.33. The van der Waals surface area contributed by atoms with Gasteiger partial charge in [0.25, 0.3) is 0 Å². The van der Waals surface area contributed by atoms with E-state index < -0.39 is 0 Å². The lowest BCUT2D eigenvalue weighted by Crippen LogP contribution is -2.41. The molecule has 112 valence electrons. The van der Waals surface area contributed by atoms with Gasteiger partial charge >= 0.3 is 0 Å². The van der Waals surface area contributed by atoms with Crippen LogP contribution in [0.1, 0.15) is 74.1 Å². The van der Waals surface area contributed by atoms with E-state index in [2.05, 4.69) is 53.4 Å². The highest BCUT2D eigenvalue weighted by Gasteiger charge is 2.67. The largest absolute Gasteiger partial charge is 0.342 e. The molecule has 2 nitrogen and oxygen atoms in total. The second-order valence-corrected chi connectivity index (χ2v) is 8.17. The third-order valence-electron chi connectivity index (χ3n) is 4.43. The second kappa shape index (κ2) is 5.46. The summed E-state index contributed by atoms with van der Waals surface area (Å²) in [5, 5.41) is 0. The van der Waals surface area contributed by atoms with Gasteiger partial charge in [0.05, 0.1) is 5.41 Å². The third-order valence-corrected chi connectivity index (χ3v) is 4.43. The first-order valence-corrected chi connectivity index (χ1v) is 7.89. The van der Waals surface area contributed by atoms with Gasteiger partial charge in [-0.3, -0.25) is 4.79 Å². The third kappa shape index (κ3) is 3.52. The molecule has 0 aromatic rings. The zero-order valence-electron chi connectivity index (χ0n) is 14.1. The van der Waals surface area contributed by atoms with Crippen LogP contribution in [-0.2, 0) is 4.79 Å². The number of rotatable bonds is 6. The molecule has 1 aliphatic rings. The molecule has 1 fully saturated rings. The van der Waals surface area contributed by atoms with Crippen LogP contribution in [0.25, 0.3) is 0 Å². The van der Waals surface area contributed by atoms with Gasteiger partial charge in [-0.25, -0.2) is 0 Å². The van der Waals surface area contributed by atoms with Crippen LogP contribution >= 0.6 is 0 Å². The Balaban J connectivity index is 2.91. The number of carbonyl (C=O) groups excluding carboxylic acids is 1. The molecule has 1 atom stereocenters. The monoisotopic (exact) mass is 267 g/mol. The van der Waals surface area contributed by atoms with E-state index in [1.807, 2.05) is 0 Å². The molecule has 0 aliphatic heterocycles. The van der Waals surface area contributed by atoms with Crippen molar-refractivity contribution in [1.82, 2.24) is 4.90 Å². The van der Waals surface area contributed by atoms with Gasteiger partial charge in [0.2, 0.25) is 5.91 Å². The molecule has 19 heavy (non-hydrogen) atoms. The van der Waals surface area contributed by atoms with Crippen molar-refractivity contribution in [3.05, 3.63) is 0 Å². The smallest absolute Gasteiger partial charge is 0.229 e. The first kappa shape index (κ1) is 16.5. The number of hydrogen-bond donors (Lipinski definition) is 0. The minimum atomic E-state index is -0.102. The highest BCUT2D eigenvalue weighted by Crippen LogP contribution is 2.68. The van der Waals surface area contributed by atoms with Crippen LogP contribution in [0.2, 0.25) is 0 Å². The lowest BCUT2D eigenvalue weighted by atomic mass is 9.78. The number of carbonyl (C=O) groups is 1. The van der Waals surface area contributed by atoms with Gasteiger partial charge in [0, 0.05) is 13.1 Å². The van der Waals surface area contributed by atoms with E-state index >= 15 is 0 Å². The fourth-order valence-electron chi connectivity index (χ4n) is 3.52. The van der Waals surface area contributed by atoms with Crippen molar-refractivity contribution in [2.24, 2.45) is 16.2 Å². The van der Waals surface area contributed by atoms with Crippen LogP contribution in [-0.4, -0.2) is 23.9 Å². The molecule has 0 spiro atoms. The van der Waals surface area contributed by atoms with Gasteiger partial charge < -0.3 is 4.90 Å². The molecule has 0 saturated heterocycles. The minimum absolute atomic E-state index is 0.102. The molecular formula is C17H33NO. The quantitative estimate of drug-likeness (QED) is 0.694. The standard InChI is InChI=1S/C17H33NO/c1-8-10-18(11-9-2)14(19)17(12-15(3,4)5)13-16(17,6)7/h8-13H2,1-7H3. The number of hydrogen-bond acceptors (Lipinski definition) is 1. The van der Waals surface area contributed by atoms with Gasteiger partial charge in [-0.2, -0.15) is 0 Å². The Morgan fingerprint density at radius 3 is 1.79 bits per heavy atom. The summed E-state index contributed by atoms with van der Waals surface area (Å²) in [5.41, 5.74) is 0.292. The second-order valence-electron chi connectivity index (χ2n) is 8.17. The number of amides is 1. The fourth-order valence-corrected chi connectivity index (χ4v) is 3.52. The summed E-state index contributed by atoms with van der Waals surface area (Å²) in [6, 6.07) is 0. The fraction of sp³-hybridized carbons (Fsp3) is 0.941. The average molecular weight is 267 g/mol. The highest BCUT2D eigenvalue weighted by molar-refractivity contribution is 5.87.